The Labute approximate surface area is 493 Å². The molecule has 0 aliphatic heterocycles. The van der Waals surface area contributed by atoms with Crippen LogP contribution in [0.1, 0.15) is 0 Å². The van der Waals surface area contributed by atoms with Gasteiger partial charge in [-0.15, -0.1) is 0 Å². The smallest absolute Gasteiger partial charge is 0.285 e. The molecule has 0 heterocycles. The molecule has 0 unspecified atom stereocenters. The van der Waals surface area contributed by atoms with Crippen LogP contribution in [0.25, 0.3) is 0 Å². The molecule has 12 aromatic rings. The second-order valence-corrected chi connectivity index (χ2v) is 31.8. The Balaban J connectivity index is 0.000000141. The predicted molar refractivity (Wildman–Crippen MR) is 345 cm³/mol. The van der Waals surface area contributed by atoms with E-state index in [0.29, 0.717) is 0 Å². The van der Waals surface area contributed by atoms with Crippen molar-refractivity contribution in [2.75, 3.05) is 0 Å². The van der Waals surface area contributed by atoms with Gasteiger partial charge in [-0.2, -0.15) is 0 Å². The van der Waals surface area contributed by atoms with Gasteiger partial charge in [0.05, 0.1) is 0 Å². The van der Waals surface area contributed by atoms with Crippen molar-refractivity contribution < 1.29 is 37.7 Å². The van der Waals surface area contributed by atoms with Gasteiger partial charge in [-0.1, -0.05) is 364 Å². The topological polar surface area (TPSA) is 80.9 Å². The third kappa shape index (κ3) is 13.8. The quantitative estimate of drug-likeness (QED) is 0.0825. The molecular formula is C72H64O4Si4V. The molecule has 0 fully saturated rings. The summed E-state index contributed by atoms with van der Waals surface area (Å²) < 4.78 is 0. The van der Waals surface area contributed by atoms with Gasteiger partial charge in [0.1, 0.15) is 0 Å². The summed E-state index contributed by atoms with van der Waals surface area (Å²) in [6, 6.07) is 120. The van der Waals surface area contributed by atoms with Crippen molar-refractivity contribution in [1.82, 2.24) is 0 Å². The zero-order chi connectivity index (χ0) is 55.4. The van der Waals surface area contributed by atoms with Crippen molar-refractivity contribution in [3.8, 4) is 0 Å². The van der Waals surface area contributed by atoms with Crippen LogP contribution < -0.4 is 62.2 Å². The zero-order valence-electron chi connectivity index (χ0n) is 44.9. The largest absolute Gasteiger partial charge is 0.421 e. The summed E-state index contributed by atoms with van der Waals surface area (Å²) in [4.78, 5) is 46.3. The van der Waals surface area contributed by atoms with Gasteiger partial charge >= 0.3 is 0 Å². The minimum atomic E-state index is -2.88. The van der Waals surface area contributed by atoms with Gasteiger partial charge in [0.2, 0.25) is 0 Å². The fourth-order valence-electron chi connectivity index (χ4n) is 10.2. The third-order valence-electron chi connectivity index (χ3n) is 14.3. The molecule has 0 saturated heterocycles. The second-order valence-electron chi connectivity index (χ2n) is 19.2. The summed E-state index contributed by atoms with van der Waals surface area (Å²) in [6.07, 6.45) is 0. The van der Waals surface area contributed by atoms with Crippen LogP contribution in [-0.2, 0) is 18.6 Å². The molecule has 9 heteroatoms. The molecule has 0 aliphatic carbocycles. The van der Waals surface area contributed by atoms with Crippen molar-refractivity contribution >= 4 is 95.5 Å². The van der Waals surface area contributed by atoms with E-state index in [4.69, 9.17) is 0 Å². The fourth-order valence-corrected chi connectivity index (χ4v) is 22.3. The molecule has 0 amide bonds. The van der Waals surface area contributed by atoms with E-state index in [9.17, 15) is 19.2 Å². The first-order valence-electron chi connectivity index (χ1n) is 26.8. The Morgan fingerprint density at radius 2 is 0.185 bits per heavy atom. The maximum Gasteiger partial charge on any atom is 0.285 e. The molecule has 4 N–H and O–H groups in total. The van der Waals surface area contributed by atoms with Gasteiger partial charge in [0.25, 0.3) is 33.3 Å². The average Bonchev–Trinajstić information content (AvgIpc) is 3.63. The Morgan fingerprint density at radius 1 is 0.123 bits per heavy atom. The minimum absolute atomic E-state index is 0. The second kappa shape index (κ2) is 28.9. The van der Waals surface area contributed by atoms with Crippen LogP contribution in [-0.4, -0.2) is 52.5 Å². The van der Waals surface area contributed by atoms with Crippen molar-refractivity contribution in [3.63, 3.8) is 0 Å². The first-order chi connectivity index (χ1) is 39.3. The molecule has 81 heavy (non-hydrogen) atoms. The number of hydrogen-bond acceptors (Lipinski definition) is 4. The molecule has 4 nitrogen and oxygen atoms in total. The molecule has 12 aromatic carbocycles. The number of hydrogen-bond donors (Lipinski definition) is 4. The van der Waals surface area contributed by atoms with E-state index in [1.54, 1.807) is 0 Å². The van der Waals surface area contributed by atoms with Crippen LogP contribution in [0.5, 0.6) is 0 Å². The van der Waals surface area contributed by atoms with Crippen molar-refractivity contribution in [2.45, 2.75) is 0 Å². The maximum absolute atomic E-state index is 11.6. The molecule has 397 valence electrons. The van der Waals surface area contributed by atoms with E-state index in [0.717, 1.165) is 62.2 Å². The Hall–Kier alpha value is -8.07. The molecule has 0 bridgehead atoms. The van der Waals surface area contributed by atoms with Gasteiger partial charge in [-0.05, 0) is 62.2 Å². The van der Waals surface area contributed by atoms with Gasteiger partial charge < -0.3 is 19.2 Å². The maximum atomic E-state index is 11.6. The molecule has 0 aliphatic rings. The van der Waals surface area contributed by atoms with Gasteiger partial charge in [-0.3, -0.25) is 0 Å². The van der Waals surface area contributed by atoms with E-state index in [2.05, 4.69) is 0 Å². The average molecular weight is 1160 g/mol. The third-order valence-corrected chi connectivity index (χ3v) is 28.3. The van der Waals surface area contributed by atoms with Gasteiger partial charge in [0, 0.05) is 18.6 Å². The van der Waals surface area contributed by atoms with Crippen molar-refractivity contribution in [2.24, 2.45) is 0 Å². The van der Waals surface area contributed by atoms with E-state index < -0.39 is 33.3 Å². The fraction of sp³-hybridized carbons (Fsp3) is 0. The number of rotatable bonds is 12. The van der Waals surface area contributed by atoms with Crippen LogP contribution in [0.3, 0.4) is 0 Å². The van der Waals surface area contributed by atoms with Crippen LogP contribution in [0, 0.1) is 0 Å². The summed E-state index contributed by atoms with van der Waals surface area (Å²) in [5.41, 5.74) is 0. The SMILES string of the molecule is O[Si](c1ccccc1)(c1ccccc1)c1ccccc1.O[Si](c1ccccc1)(c1ccccc1)c1ccccc1.O[Si](c1ccccc1)(c1ccccc1)c1ccccc1.O[Si](c1ccccc1)(c1ccccc1)c1ccccc1.[V]. The molecule has 12 rings (SSSR count). The van der Waals surface area contributed by atoms with Crippen molar-refractivity contribution in [1.29, 1.82) is 0 Å². The molecular weight excluding hydrogens is 1090 g/mol. The predicted octanol–water partition coefficient (Wildman–Crippen LogP) is 6.58. The van der Waals surface area contributed by atoms with E-state index >= 15 is 0 Å². The van der Waals surface area contributed by atoms with Crippen molar-refractivity contribution in [3.05, 3.63) is 364 Å². The Morgan fingerprint density at radius 3 is 0.247 bits per heavy atom. The monoisotopic (exact) mass is 1160 g/mol. The van der Waals surface area contributed by atoms with E-state index in [1.807, 2.05) is 364 Å². The van der Waals surface area contributed by atoms with Gasteiger partial charge in [0.15, 0.2) is 0 Å². The van der Waals surface area contributed by atoms with E-state index in [1.165, 1.54) is 0 Å². The number of benzene rings is 12. The van der Waals surface area contributed by atoms with Crippen LogP contribution >= 0.6 is 0 Å². The van der Waals surface area contributed by atoms with Crippen LogP contribution in [0.2, 0.25) is 0 Å². The van der Waals surface area contributed by atoms with E-state index in [-0.39, 0.29) is 18.6 Å². The van der Waals surface area contributed by atoms with Gasteiger partial charge in [-0.25, -0.2) is 0 Å². The molecule has 0 saturated carbocycles. The standard InChI is InChI=1S/4C18H16OSi.V/c4*19-20(16-10-4-1-5-11-16,17-12-6-2-7-13-17)18-14-8-3-9-15-18;/h4*1-15,19H;. The first-order valence-corrected chi connectivity index (χ1v) is 34.6. The molecule has 0 atom stereocenters. The summed E-state index contributed by atoms with van der Waals surface area (Å²) in [7, 11) is -11.5. The molecule has 0 aromatic heterocycles. The molecule has 0 spiro atoms. The summed E-state index contributed by atoms with van der Waals surface area (Å²) >= 11 is 0. The van der Waals surface area contributed by atoms with Crippen LogP contribution in [0.4, 0.5) is 0 Å². The minimum Gasteiger partial charge on any atom is -0.421 e. The summed E-state index contributed by atoms with van der Waals surface area (Å²) in [5, 5.41) is 12.1. The first kappa shape index (κ1) is 59.1. The Kier molecular flexibility index (Phi) is 21.1. The summed E-state index contributed by atoms with van der Waals surface area (Å²) in [6.45, 7) is 0. The van der Waals surface area contributed by atoms with Crippen LogP contribution in [0.15, 0.2) is 364 Å². The zero-order valence-corrected chi connectivity index (χ0v) is 50.3. The summed E-state index contributed by atoms with van der Waals surface area (Å²) in [5.74, 6) is 0. The normalized spacial score (nSPS) is 11.1. The molecule has 1 radical (unpaired) electrons. The Bertz CT molecular complexity index is 2780.